The van der Waals surface area contributed by atoms with Crippen molar-refractivity contribution in [2.24, 2.45) is 16.9 Å². The molecule has 7 heteroatoms. The first-order chi connectivity index (χ1) is 15.6. The third-order valence-electron chi connectivity index (χ3n) is 6.85. The number of esters is 1. The largest absolute Gasteiger partial charge is 0.465 e. The molecule has 1 aromatic carbocycles. The van der Waals surface area contributed by atoms with Crippen molar-refractivity contribution in [1.29, 1.82) is 0 Å². The van der Waals surface area contributed by atoms with E-state index in [-0.39, 0.29) is 37.3 Å². The first kappa shape index (κ1) is 22.5. The number of carbonyl (C=O) groups is 3. The van der Waals surface area contributed by atoms with Crippen LogP contribution in [0.15, 0.2) is 29.4 Å². The van der Waals surface area contributed by atoms with Gasteiger partial charge in [0.15, 0.2) is 5.78 Å². The molecule has 32 heavy (non-hydrogen) atoms. The van der Waals surface area contributed by atoms with Crippen molar-refractivity contribution in [3.8, 4) is 0 Å². The highest BCUT2D eigenvalue weighted by molar-refractivity contribution is 6.13. The van der Waals surface area contributed by atoms with Crippen molar-refractivity contribution in [1.82, 2.24) is 5.01 Å². The number of fused-ring (bicyclic) bond motifs is 1. The summed E-state index contributed by atoms with van der Waals surface area (Å²) in [7, 11) is 0. The van der Waals surface area contributed by atoms with Gasteiger partial charge in [-0.15, -0.1) is 0 Å². The average molecular weight is 440 g/mol. The Morgan fingerprint density at radius 2 is 1.69 bits per heavy atom. The quantitative estimate of drug-likeness (QED) is 0.585. The van der Waals surface area contributed by atoms with Crippen molar-refractivity contribution < 1.29 is 19.1 Å². The van der Waals surface area contributed by atoms with Gasteiger partial charge in [0.1, 0.15) is 6.54 Å². The zero-order valence-corrected chi connectivity index (χ0v) is 18.9. The third-order valence-corrected chi connectivity index (χ3v) is 6.85. The molecule has 0 radical (unpaired) electrons. The summed E-state index contributed by atoms with van der Waals surface area (Å²) in [5.74, 6) is -0.174. The number of urea groups is 1. The molecule has 2 fully saturated rings. The second-order valence-electron chi connectivity index (χ2n) is 9.02. The van der Waals surface area contributed by atoms with Crippen LogP contribution in [0.25, 0.3) is 0 Å². The number of hydrazone groups is 1. The van der Waals surface area contributed by atoms with Crippen molar-refractivity contribution in [3.63, 3.8) is 0 Å². The Kier molecular flexibility index (Phi) is 7.22. The Morgan fingerprint density at radius 3 is 2.41 bits per heavy atom. The summed E-state index contributed by atoms with van der Waals surface area (Å²) in [6, 6.07) is 7.26. The molecule has 172 valence electrons. The normalized spacial score (nSPS) is 20.0. The van der Waals surface area contributed by atoms with Crippen LogP contribution in [0.1, 0.15) is 70.3 Å². The summed E-state index contributed by atoms with van der Waals surface area (Å²) in [6.07, 6.45) is 9.38. The van der Waals surface area contributed by atoms with Gasteiger partial charge in [0.05, 0.1) is 24.6 Å². The van der Waals surface area contributed by atoms with Gasteiger partial charge in [0.2, 0.25) is 0 Å². The van der Waals surface area contributed by atoms with Gasteiger partial charge in [0, 0.05) is 17.4 Å². The minimum Gasteiger partial charge on any atom is -0.465 e. The maximum atomic E-state index is 13.6. The summed E-state index contributed by atoms with van der Waals surface area (Å²) in [5, 5.41) is 5.96. The molecule has 0 bridgehead atoms. The van der Waals surface area contributed by atoms with E-state index >= 15 is 0 Å². The highest BCUT2D eigenvalue weighted by Gasteiger charge is 2.36. The molecule has 1 aliphatic heterocycles. The van der Waals surface area contributed by atoms with Gasteiger partial charge in [-0.25, -0.2) is 9.80 Å². The topological polar surface area (TPSA) is 79.3 Å². The van der Waals surface area contributed by atoms with E-state index in [9.17, 15) is 14.4 Å². The molecule has 1 aromatic rings. The average Bonchev–Trinajstić information content (AvgIpc) is 3.32. The van der Waals surface area contributed by atoms with E-state index in [1.165, 1.54) is 16.3 Å². The highest BCUT2D eigenvalue weighted by atomic mass is 16.5. The van der Waals surface area contributed by atoms with Crippen molar-refractivity contribution in [2.75, 3.05) is 24.6 Å². The second-order valence-corrected chi connectivity index (χ2v) is 9.02. The van der Waals surface area contributed by atoms with Crippen LogP contribution in [-0.2, 0) is 14.3 Å². The van der Waals surface area contributed by atoms with E-state index < -0.39 is 12.0 Å². The van der Waals surface area contributed by atoms with Crippen LogP contribution >= 0.6 is 0 Å². The lowest BCUT2D eigenvalue weighted by Crippen LogP contribution is -2.45. The van der Waals surface area contributed by atoms with Crippen LogP contribution in [-0.4, -0.2) is 48.2 Å². The summed E-state index contributed by atoms with van der Waals surface area (Å²) < 4.78 is 5.10. The minimum absolute atomic E-state index is 0.00725. The molecule has 0 aromatic heterocycles. The number of benzene rings is 1. The summed E-state index contributed by atoms with van der Waals surface area (Å²) >= 11 is 0. The number of nitrogens with zero attached hydrogens (tertiary/aromatic N) is 3. The van der Waals surface area contributed by atoms with E-state index in [4.69, 9.17) is 9.84 Å². The SMILES string of the molecule is CCOC(=O)CN1N=C(C2CCCCC2)c2ccccc2N(CC(=O)C2CCCC2)C1=O. The summed E-state index contributed by atoms with van der Waals surface area (Å²) in [5.41, 5.74) is 2.44. The molecular weight excluding hydrogens is 406 g/mol. The van der Waals surface area contributed by atoms with Crippen molar-refractivity contribution in [3.05, 3.63) is 29.8 Å². The molecule has 7 nitrogen and oxygen atoms in total. The first-order valence-electron chi connectivity index (χ1n) is 12.0. The van der Waals surface area contributed by atoms with Crippen LogP contribution in [0.5, 0.6) is 0 Å². The van der Waals surface area contributed by atoms with Crippen LogP contribution in [0.4, 0.5) is 10.5 Å². The predicted octanol–water partition coefficient (Wildman–Crippen LogP) is 4.54. The molecule has 1 heterocycles. The zero-order valence-electron chi connectivity index (χ0n) is 18.9. The lowest BCUT2D eigenvalue weighted by atomic mass is 9.83. The molecule has 0 saturated heterocycles. The molecule has 2 amide bonds. The molecule has 0 spiro atoms. The van der Waals surface area contributed by atoms with E-state index in [1.807, 2.05) is 24.3 Å². The Balaban J connectivity index is 1.71. The minimum atomic E-state index is -0.499. The van der Waals surface area contributed by atoms with Crippen LogP contribution in [0.3, 0.4) is 0 Å². The standard InChI is InChI=1S/C25H33N3O4/c1-2-32-23(30)17-28-25(31)27(16-22(29)18-10-6-7-11-18)21-15-9-8-14-20(21)24(26-28)19-12-4-3-5-13-19/h8-9,14-15,18-19H,2-7,10-13,16-17H2,1H3. The van der Waals surface area contributed by atoms with E-state index in [0.29, 0.717) is 5.69 Å². The van der Waals surface area contributed by atoms with Crippen LogP contribution in [0.2, 0.25) is 0 Å². The van der Waals surface area contributed by atoms with E-state index in [0.717, 1.165) is 62.6 Å². The van der Waals surface area contributed by atoms with Crippen LogP contribution in [0, 0.1) is 11.8 Å². The molecule has 2 aliphatic carbocycles. The van der Waals surface area contributed by atoms with Gasteiger partial charge in [-0.2, -0.15) is 5.10 Å². The van der Waals surface area contributed by atoms with Gasteiger partial charge in [-0.3, -0.25) is 14.5 Å². The van der Waals surface area contributed by atoms with Gasteiger partial charge in [-0.05, 0) is 38.7 Å². The number of ketones is 1. The number of rotatable bonds is 7. The Hall–Kier alpha value is -2.70. The smallest absolute Gasteiger partial charge is 0.345 e. The number of amides is 2. The Labute approximate surface area is 189 Å². The number of Topliss-reactive ketones (excluding diaryl/α,β-unsaturated/α-hetero) is 1. The van der Waals surface area contributed by atoms with Gasteiger partial charge in [0.25, 0.3) is 0 Å². The van der Waals surface area contributed by atoms with Gasteiger partial charge >= 0.3 is 12.0 Å². The highest BCUT2D eigenvalue weighted by Crippen LogP contribution is 2.35. The molecule has 0 atom stereocenters. The van der Waals surface area contributed by atoms with E-state index in [1.54, 1.807) is 6.92 Å². The summed E-state index contributed by atoms with van der Waals surface area (Å²) in [4.78, 5) is 40.5. The fourth-order valence-electron chi connectivity index (χ4n) is 5.19. The monoisotopic (exact) mass is 439 g/mol. The number of hydrogen-bond donors (Lipinski definition) is 0. The fraction of sp³-hybridized carbons (Fsp3) is 0.600. The maximum Gasteiger partial charge on any atom is 0.345 e. The van der Waals surface area contributed by atoms with Gasteiger partial charge < -0.3 is 4.74 Å². The predicted molar refractivity (Wildman–Crippen MR) is 123 cm³/mol. The molecule has 0 unspecified atom stereocenters. The number of para-hydroxylation sites is 1. The van der Waals surface area contributed by atoms with E-state index in [2.05, 4.69) is 0 Å². The van der Waals surface area contributed by atoms with Crippen molar-refractivity contribution in [2.45, 2.75) is 64.7 Å². The lowest BCUT2D eigenvalue weighted by Gasteiger charge is -2.26. The van der Waals surface area contributed by atoms with Crippen LogP contribution < -0.4 is 4.90 Å². The van der Waals surface area contributed by atoms with Gasteiger partial charge in [-0.1, -0.05) is 50.3 Å². The Morgan fingerprint density at radius 1 is 1.00 bits per heavy atom. The molecule has 3 aliphatic rings. The fourth-order valence-corrected chi connectivity index (χ4v) is 5.19. The molecule has 4 rings (SSSR count). The third kappa shape index (κ3) is 4.87. The number of carbonyl (C=O) groups excluding carboxylic acids is 3. The number of anilines is 1. The Bertz CT molecular complexity index is 885. The second kappa shape index (κ2) is 10.3. The van der Waals surface area contributed by atoms with Crippen molar-refractivity contribution >= 4 is 29.2 Å². The lowest BCUT2D eigenvalue weighted by molar-refractivity contribution is -0.143. The summed E-state index contributed by atoms with van der Waals surface area (Å²) in [6.45, 7) is 1.73. The first-order valence-corrected chi connectivity index (χ1v) is 12.0. The molecular formula is C25H33N3O4. The number of ether oxygens (including phenoxy) is 1. The maximum absolute atomic E-state index is 13.6. The number of hydrogen-bond acceptors (Lipinski definition) is 5. The molecule has 0 N–H and O–H groups in total. The molecule has 2 saturated carbocycles. The zero-order chi connectivity index (χ0) is 22.5.